The standard InChI is InChI=1S/C13H12Cl2N2O2/c1-8-12(15)11(17(2)16-8)7-19-13-9(6-18)4-3-5-10(13)14/h3-6H,7H2,1-2H3. The van der Waals surface area contributed by atoms with Crippen LogP contribution in [0.15, 0.2) is 18.2 Å². The number of ether oxygens (including phenoxy) is 1. The van der Waals surface area contributed by atoms with E-state index in [1.807, 2.05) is 6.92 Å². The number of rotatable bonds is 4. The fourth-order valence-corrected chi connectivity index (χ4v) is 2.20. The molecule has 0 N–H and O–H groups in total. The third kappa shape index (κ3) is 2.74. The molecule has 0 saturated heterocycles. The Morgan fingerprint density at radius 3 is 2.74 bits per heavy atom. The highest BCUT2D eigenvalue weighted by Gasteiger charge is 2.14. The zero-order chi connectivity index (χ0) is 14.0. The van der Waals surface area contributed by atoms with Gasteiger partial charge in [-0.15, -0.1) is 0 Å². The number of hydrogen-bond donors (Lipinski definition) is 0. The predicted molar refractivity (Wildman–Crippen MR) is 74.1 cm³/mol. The molecule has 0 aliphatic heterocycles. The van der Waals surface area contributed by atoms with Gasteiger partial charge in [0, 0.05) is 7.05 Å². The molecule has 1 aromatic carbocycles. The highest BCUT2D eigenvalue weighted by Crippen LogP contribution is 2.29. The topological polar surface area (TPSA) is 44.1 Å². The maximum atomic E-state index is 10.9. The summed E-state index contributed by atoms with van der Waals surface area (Å²) >= 11 is 12.1. The number of halogens is 2. The second-order valence-electron chi connectivity index (χ2n) is 4.03. The summed E-state index contributed by atoms with van der Waals surface area (Å²) in [5.74, 6) is 0.356. The van der Waals surface area contributed by atoms with Crippen molar-refractivity contribution in [3.63, 3.8) is 0 Å². The first-order valence-corrected chi connectivity index (χ1v) is 6.34. The average molecular weight is 299 g/mol. The van der Waals surface area contributed by atoms with Gasteiger partial charge in [-0.1, -0.05) is 29.3 Å². The van der Waals surface area contributed by atoms with Crippen LogP contribution in [-0.4, -0.2) is 16.1 Å². The number of carbonyl (C=O) groups excluding carboxylic acids is 1. The molecule has 0 bridgehead atoms. The van der Waals surface area contributed by atoms with Crippen LogP contribution in [0.2, 0.25) is 10.0 Å². The molecule has 0 aliphatic rings. The summed E-state index contributed by atoms with van der Waals surface area (Å²) in [7, 11) is 1.78. The van der Waals surface area contributed by atoms with Gasteiger partial charge in [0.15, 0.2) is 6.29 Å². The predicted octanol–water partition coefficient (Wildman–Crippen LogP) is 3.43. The second kappa shape index (κ2) is 5.63. The van der Waals surface area contributed by atoms with Crippen molar-refractivity contribution in [2.75, 3.05) is 0 Å². The van der Waals surface area contributed by atoms with Gasteiger partial charge in [-0.2, -0.15) is 5.10 Å². The lowest BCUT2D eigenvalue weighted by Crippen LogP contribution is -2.05. The lowest BCUT2D eigenvalue weighted by molar-refractivity contribution is 0.111. The number of aromatic nitrogens is 2. The summed E-state index contributed by atoms with van der Waals surface area (Å²) < 4.78 is 7.26. The van der Waals surface area contributed by atoms with Crippen molar-refractivity contribution in [3.8, 4) is 5.75 Å². The van der Waals surface area contributed by atoms with Crippen molar-refractivity contribution < 1.29 is 9.53 Å². The Labute approximate surface area is 120 Å². The third-order valence-corrected chi connectivity index (χ3v) is 3.53. The van der Waals surface area contributed by atoms with Crippen LogP contribution in [0, 0.1) is 6.92 Å². The zero-order valence-electron chi connectivity index (χ0n) is 10.5. The number of carbonyl (C=O) groups is 1. The Kier molecular flexibility index (Phi) is 4.12. The molecule has 0 radical (unpaired) electrons. The van der Waals surface area contributed by atoms with E-state index >= 15 is 0 Å². The third-order valence-electron chi connectivity index (χ3n) is 2.74. The van der Waals surface area contributed by atoms with Crippen molar-refractivity contribution >= 4 is 29.5 Å². The number of benzene rings is 1. The van der Waals surface area contributed by atoms with Gasteiger partial charge < -0.3 is 4.74 Å². The molecule has 0 unspecified atom stereocenters. The second-order valence-corrected chi connectivity index (χ2v) is 4.82. The molecular formula is C13H12Cl2N2O2. The molecule has 1 aromatic heterocycles. The van der Waals surface area contributed by atoms with E-state index in [-0.39, 0.29) is 6.61 Å². The summed E-state index contributed by atoms with van der Waals surface area (Å²) in [6, 6.07) is 5.00. The van der Waals surface area contributed by atoms with E-state index in [1.54, 1.807) is 29.9 Å². The Morgan fingerprint density at radius 1 is 1.42 bits per heavy atom. The van der Waals surface area contributed by atoms with Gasteiger partial charge in [-0.05, 0) is 19.1 Å². The van der Waals surface area contributed by atoms with Crippen LogP contribution in [0.3, 0.4) is 0 Å². The van der Waals surface area contributed by atoms with Crippen LogP contribution >= 0.6 is 23.2 Å². The first-order chi connectivity index (χ1) is 9.04. The Bertz CT molecular complexity index is 623. The van der Waals surface area contributed by atoms with Crippen LogP contribution in [0.5, 0.6) is 5.75 Å². The van der Waals surface area contributed by atoms with Crippen LogP contribution < -0.4 is 4.74 Å². The molecule has 2 rings (SSSR count). The van der Waals surface area contributed by atoms with Crippen LogP contribution in [0.4, 0.5) is 0 Å². The van der Waals surface area contributed by atoms with Crippen LogP contribution in [0.25, 0.3) is 0 Å². The van der Waals surface area contributed by atoms with E-state index in [4.69, 9.17) is 27.9 Å². The van der Waals surface area contributed by atoms with Gasteiger partial charge in [-0.25, -0.2) is 0 Å². The van der Waals surface area contributed by atoms with Crippen LogP contribution in [0.1, 0.15) is 21.7 Å². The smallest absolute Gasteiger partial charge is 0.153 e. The molecule has 0 amide bonds. The van der Waals surface area contributed by atoms with Gasteiger partial charge >= 0.3 is 0 Å². The number of aldehydes is 1. The van der Waals surface area contributed by atoms with Crippen molar-refractivity contribution in [2.24, 2.45) is 7.05 Å². The molecule has 19 heavy (non-hydrogen) atoms. The van der Waals surface area contributed by atoms with Crippen molar-refractivity contribution in [1.29, 1.82) is 0 Å². The monoisotopic (exact) mass is 298 g/mol. The van der Waals surface area contributed by atoms with Gasteiger partial charge in [0.1, 0.15) is 12.4 Å². The molecule has 2 aromatic rings. The zero-order valence-corrected chi connectivity index (χ0v) is 12.0. The highest BCUT2D eigenvalue weighted by molar-refractivity contribution is 6.32. The van der Waals surface area contributed by atoms with Crippen LogP contribution in [-0.2, 0) is 13.7 Å². The number of aryl methyl sites for hydroxylation is 2. The SMILES string of the molecule is Cc1nn(C)c(COc2c(Cl)cccc2C=O)c1Cl. The fraction of sp³-hybridized carbons (Fsp3) is 0.231. The molecule has 0 saturated carbocycles. The van der Waals surface area contributed by atoms with E-state index < -0.39 is 0 Å². The minimum Gasteiger partial charge on any atom is -0.485 e. The number of para-hydroxylation sites is 1. The van der Waals surface area contributed by atoms with Gasteiger partial charge in [-0.3, -0.25) is 9.48 Å². The largest absolute Gasteiger partial charge is 0.485 e. The van der Waals surface area contributed by atoms with Gasteiger partial charge in [0.2, 0.25) is 0 Å². The lowest BCUT2D eigenvalue weighted by atomic mass is 10.2. The minimum atomic E-state index is 0.195. The fourth-order valence-electron chi connectivity index (χ4n) is 1.75. The minimum absolute atomic E-state index is 0.195. The number of hydrogen-bond acceptors (Lipinski definition) is 3. The Hall–Kier alpha value is -1.52. The summed E-state index contributed by atoms with van der Waals surface area (Å²) in [4.78, 5) is 10.9. The van der Waals surface area contributed by atoms with Crippen molar-refractivity contribution in [2.45, 2.75) is 13.5 Å². The normalized spacial score (nSPS) is 10.5. The molecule has 6 heteroatoms. The Balaban J connectivity index is 2.26. The van der Waals surface area contributed by atoms with Crippen molar-refractivity contribution in [1.82, 2.24) is 9.78 Å². The van der Waals surface area contributed by atoms with Crippen molar-refractivity contribution in [3.05, 3.63) is 45.2 Å². The quantitative estimate of drug-likeness (QED) is 0.812. The molecule has 0 aliphatic carbocycles. The highest BCUT2D eigenvalue weighted by atomic mass is 35.5. The molecule has 100 valence electrons. The van der Waals surface area contributed by atoms with Gasteiger partial charge in [0.25, 0.3) is 0 Å². The first kappa shape index (κ1) is 13.9. The maximum Gasteiger partial charge on any atom is 0.153 e. The molecular weight excluding hydrogens is 287 g/mol. The molecule has 0 atom stereocenters. The van der Waals surface area contributed by atoms with E-state index in [0.29, 0.717) is 27.6 Å². The molecule has 1 heterocycles. The summed E-state index contributed by atoms with van der Waals surface area (Å²) in [6.07, 6.45) is 0.706. The lowest BCUT2D eigenvalue weighted by Gasteiger charge is -2.10. The Morgan fingerprint density at radius 2 is 2.16 bits per heavy atom. The number of nitrogens with zero attached hydrogens (tertiary/aromatic N) is 2. The van der Waals surface area contributed by atoms with E-state index in [1.165, 1.54) is 0 Å². The van der Waals surface area contributed by atoms with Gasteiger partial charge in [0.05, 0.1) is 27.0 Å². The molecule has 0 fully saturated rings. The van der Waals surface area contributed by atoms with E-state index in [2.05, 4.69) is 5.10 Å². The first-order valence-electron chi connectivity index (χ1n) is 5.59. The maximum absolute atomic E-state index is 10.9. The summed E-state index contributed by atoms with van der Waals surface area (Å²) in [6.45, 7) is 2.01. The summed E-state index contributed by atoms with van der Waals surface area (Å²) in [5, 5.41) is 5.14. The molecule has 4 nitrogen and oxygen atoms in total. The molecule has 0 spiro atoms. The average Bonchev–Trinajstić information content (AvgIpc) is 2.62. The summed E-state index contributed by atoms with van der Waals surface area (Å²) in [5.41, 5.74) is 1.87. The van der Waals surface area contributed by atoms with E-state index in [0.717, 1.165) is 11.4 Å². The van der Waals surface area contributed by atoms with E-state index in [9.17, 15) is 4.79 Å².